The van der Waals surface area contributed by atoms with Crippen LogP contribution in [0.3, 0.4) is 0 Å². The van der Waals surface area contributed by atoms with Crippen molar-refractivity contribution in [3.05, 3.63) is 0 Å². The quantitative estimate of drug-likeness (QED) is 0.714. The van der Waals surface area contributed by atoms with Crippen molar-refractivity contribution in [1.82, 2.24) is 4.90 Å². The SMILES string of the molecule is CCC1CCCN(CC2CCCCCC2=O)CC1. The normalized spacial score (nSPS) is 31.9. The Kier molecular flexibility index (Phi) is 5.68. The minimum Gasteiger partial charge on any atom is -0.303 e. The molecule has 0 amide bonds. The van der Waals surface area contributed by atoms with Crippen molar-refractivity contribution >= 4 is 5.78 Å². The third-order valence-corrected chi connectivity index (χ3v) is 4.93. The molecule has 104 valence electrons. The highest BCUT2D eigenvalue weighted by atomic mass is 16.1. The minimum atomic E-state index is 0.352. The van der Waals surface area contributed by atoms with Gasteiger partial charge in [-0.05, 0) is 51.1 Å². The van der Waals surface area contributed by atoms with Gasteiger partial charge in [0.2, 0.25) is 0 Å². The van der Waals surface area contributed by atoms with Gasteiger partial charge in [0.05, 0.1) is 0 Å². The highest BCUT2D eigenvalue weighted by molar-refractivity contribution is 5.81. The summed E-state index contributed by atoms with van der Waals surface area (Å²) in [7, 11) is 0. The fraction of sp³-hybridized carbons (Fsp3) is 0.938. The van der Waals surface area contributed by atoms with Crippen LogP contribution < -0.4 is 0 Å². The zero-order valence-corrected chi connectivity index (χ0v) is 12.0. The van der Waals surface area contributed by atoms with Gasteiger partial charge in [0.15, 0.2) is 0 Å². The summed E-state index contributed by atoms with van der Waals surface area (Å²) in [4.78, 5) is 14.6. The molecule has 18 heavy (non-hydrogen) atoms. The van der Waals surface area contributed by atoms with Crippen LogP contribution in [0.4, 0.5) is 0 Å². The lowest BCUT2D eigenvalue weighted by Gasteiger charge is -2.24. The van der Waals surface area contributed by atoms with Crippen LogP contribution in [0.1, 0.15) is 64.7 Å². The Balaban J connectivity index is 1.82. The third-order valence-electron chi connectivity index (χ3n) is 4.93. The molecule has 0 aromatic heterocycles. The molecule has 1 aliphatic carbocycles. The molecular weight excluding hydrogens is 222 g/mol. The number of carbonyl (C=O) groups is 1. The third kappa shape index (κ3) is 4.08. The largest absolute Gasteiger partial charge is 0.303 e. The van der Waals surface area contributed by atoms with E-state index in [1.54, 1.807) is 0 Å². The van der Waals surface area contributed by atoms with Crippen LogP contribution in [0.25, 0.3) is 0 Å². The summed E-state index contributed by atoms with van der Waals surface area (Å²) in [6, 6.07) is 0. The summed E-state index contributed by atoms with van der Waals surface area (Å²) in [6.45, 7) is 5.81. The molecule has 1 saturated heterocycles. The number of hydrogen-bond donors (Lipinski definition) is 0. The highest BCUT2D eigenvalue weighted by Crippen LogP contribution is 2.24. The van der Waals surface area contributed by atoms with Gasteiger partial charge in [0, 0.05) is 18.9 Å². The lowest BCUT2D eigenvalue weighted by atomic mass is 9.97. The molecule has 2 heteroatoms. The fourth-order valence-electron chi connectivity index (χ4n) is 3.55. The van der Waals surface area contributed by atoms with Crippen LogP contribution in [0.15, 0.2) is 0 Å². The second kappa shape index (κ2) is 7.28. The van der Waals surface area contributed by atoms with E-state index in [0.717, 1.165) is 31.7 Å². The molecule has 2 rings (SSSR count). The van der Waals surface area contributed by atoms with Gasteiger partial charge < -0.3 is 4.90 Å². The number of carbonyl (C=O) groups excluding carboxylic acids is 1. The van der Waals surface area contributed by atoms with Crippen molar-refractivity contribution in [1.29, 1.82) is 0 Å². The fourth-order valence-corrected chi connectivity index (χ4v) is 3.55. The number of hydrogen-bond acceptors (Lipinski definition) is 2. The Morgan fingerprint density at radius 3 is 2.78 bits per heavy atom. The summed E-state index contributed by atoms with van der Waals surface area (Å²) < 4.78 is 0. The van der Waals surface area contributed by atoms with Gasteiger partial charge in [-0.1, -0.05) is 26.2 Å². The van der Waals surface area contributed by atoms with E-state index in [1.807, 2.05) is 0 Å². The molecule has 2 unspecified atom stereocenters. The van der Waals surface area contributed by atoms with E-state index in [0.29, 0.717) is 11.7 Å². The van der Waals surface area contributed by atoms with Gasteiger partial charge in [-0.25, -0.2) is 0 Å². The molecule has 0 N–H and O–H groups in total. The highest BCUT2D eigenvalue weighted by Gasteiger charge is 2.24. The van der Waals surface area contributed by atoms with Gasteiger partial charge in [-0.3, -0.25) is 4.79 Å². The summed E-state index contributed by atoms with van der Waals surface area (Å²) in [5, 5.41) is 0. The predicted octanol–water partition coefficient (Wildman–Crippen LogP) is 3.65. The molecule has 1 saturated carbocycles. The van der Waals surface area contributed by atoms with E-state index in [4.69, 9.17) is 0 Å². The molecule has 0 aromatic rings. The van der Waals surface area contributed by atoms with Gasteiger partial charge >= 0.3 is 0 Å². The lowest BCUT2D eigenvalue weighted by Crippen LogP contribution is -2.33. The monoisotopic (exact) mass is 251 g/mol. The molecule has 0 aromatic carbocycles. The first-order valence-corrected chi connectivity index (χ1v) is 8.04. The lowest BCUT2D eigenvalue weighted by molar-refractivity contribution is -0.123. The molecule has 1 aliphatic heterocycles. The Bertz CT molecular complexity index is 264. The topological polar surface area (TPSA) is 20.3 Å². The van der Waals surface area contributed by atoms with Crippen LogP contribution in [0.5, 0.6) is 0 Å². The smallest absolute Gasteiger partial charge is 0.137 e. The van der Waals surface area contributed by atoms with Crippen LogP contribution in [0, 0.1) is 11.8 Å². The summed E-state index contributed by atoms with van der Waals surface area (Å²) in [5.74, 6) is 1.83. The van der Waals surface area contributed by atoms with Gasteiger partial charge in [0.25, 0.3) is 0 Å². The molecule has 0 radical (unpaired) electrons. The Morgan fingerprint density at radius 2 is 1.94 bits per heavy atom. The van der Waals surface area contributed by atoms with Crippen LogP contribution in [-0.2, 0) is 4.79 Å². The van der Waals surface area contributed by atoms with E-state index < -0.39 is 0 Å². The number of rotatable bonds is 3. The van der Waals surface area contributed by atoms with E-state index >= 15 is 0 Å². The first-order valence-electron chi connectivity index (χ1n) is 8.04. The minimum absolute atomic E-state index is 0.352. The second-order valence-corrected chi connectivity index (χ2v) is 6.27. The van der Waals surface area contributed by atoms with Crippen LogP contribution in [-0.4, -0.2) is 30.3 Å². The van der Waals surface area contributed by atoms with Crippen molar-refractivity contribution in [3.63, 3.8) is 0 Å². The zero-order chi connectivity index (χ0) is 12.8. The number of Topliss-reactive ketones (excluding diaryl/α,β-unsaturated/α-hetero) is 1. The first kappa shape index (κ1) is 14.0. The molecule has 2 atom stereocenters. The van der Waals surface area contributed by atoms with Gasteiger partial charge in [-0.15, -0.1) is 0 Å². The number of ketones is 1. The van der Waals surface area contributed by atoms with Crippen molar-refractivity contribution in [3.8, 4) is 0 Å². The second-order valence-electron chi connectivity index (χ2n) is 6.27. The Labute approximate surface area is 112 Å². The Morgan fingerprint density at radius 1 is 1.06 bits per heavy atom. The van der Waals surface area contributed by atoms with Gasteiger partial charge in [0.1, 0.15) is 5.78 Å². The standard InChI is InChI=1S/C16H29NO/c1-2-14-7-6-11-17(12-10-14)13-15-8-4-3-5-9-16(15)18/h14-15H,2-13H2,1H3. The predicted molar refractivity (Wildman–Crippen MR) is 75.7 cm³/mol. The number of nitrogens with zero attached hydrogens (tertiary/aromatic N) is 1. The zero-order valence-electron chi connectivity index (χ0n) is 12.0. The molecule has 0 spiro atoms. The molecular formula is C16H29NO. The van der Waals surface area contributed by atoms with E-state index in [9.17, 15) is 4.79 Å². The summed E-state index contributed by atoms with van der Waals surface area (Å²) in [5.41, 5.74) is 0. The van der Waals surface area contributed by atoms with Crippen molar-refractivity contribution in [2.45, 2.75) is 64.7 Å². The maximum atomic E-state index is 12.1. The van der Waals surface area contributed by atoms with Crippen molar-refractivity contribution < 1.29 is 4.79 Å². The van der Waals surface area contributed by atoms with Crippen molar-refractivity contribution in [2.24, 2.45) is 11.8 Å². The average molecular weight is 251 g/mol. The number of likely N-dealkylation sites (tertiary alicyclic amines) is 1. The Hall–Kier alpha value is -0.370. The van der Waals surface area contributed by atoms with E-state index in [2.05, 4.69) is 11.8 Å². The van der Waals surface area contributed by atoms with E-state index in [1.165, 1.54) is 51.6 Å². The molecule has 2 aliphatic rings. The van der Waals surface area contributed by atoms with Crippen LogP contribution in [0.2, 0.25) is 0 Å². The van der Waals surface area contributed by atoms with Crippen molar-refractivity contribution in [2.75, 3.05) is 19.6 Å². The molecule has 1 heterocycles. The summed E-state index contributed by atoms with van der Waals surface area (Å²) >= 11 is 0. The van der Waals surface area contributed by atoms with Crippen LogP contribution >= 0.6 is 0 Å². The average Bonchev–Trinajstić information content (AvgIpc) is 2.72. The molecule has 2 nitrogen and oxygen atoms in total. The summed E-state index contributed by atoms with van der Waals surface area (Å²) in [6.07, 6.45) is 11.1. The molecule has 0 bridgehead atoms. The maximum absolute atomic E-state index is 12.1. The maximum Gasteiger partial charge on any atom is 0.137 e. The van der Waals surface area contributed by atoms with E-state index in [-0.39, 0.29) is 0 Å². The van der Waals surface area contributed by atoms with Gasteiger partial charge in [-0.2, -0.15) is 0 Å². The molecule has 2 fully saturated rings. The first-order chi connectivity index (χ1) is 8.79.